The molecule has 0 aromatic heterocycles. The molecule has 0 atom stereocenters. The van der Waals surface area contributed by atoms with Crippen LogP contribution in [0.5, 0.6) is 5.75 Å². The molecule has 2 heteroatoms. The molecule has 14 heavy (non-hydrogen) atoms. The molecule has 1 aromatic rings. The lowest BCUT2D eigenvalue weighted by atomic mass is 10.1. The van der Waals surface area contributed by atoms with Crippen LogP contribution < -0.4 is 4.74 Å². The van der Waals surface area contributed by atoms with Crippen LogP contribution in [0, 0.1) is 12.8 Å². The van der Waals surface area contributed by atoms with Crippen LogP contribution in [0.3, 0.4) is 0 Å². The third-order valence-corrected chi connectivity index (χ3v) is 3.20. The van der Waals surface area contributed by atoms with Gasteiger partial charge in [0.05, 0.1) is 6.61 Å². The Bertz CT molecular complexity index is 318. The standard InChI is InChI=1S/C12H15BrO/c1-9-3-2-4-11(7-13)12(9)14-8-10-5-6-10/h2-4,10H,5-8H2,1H3. The predicted molar refractivity (Wildman–Crippen MR) is 62.0 cm³/mol. The van der Waals surface area contributed by atoms with Crippen LogP contribution in [0.1, 0.15) is 24.0 Å². The molecule has 1 aromatic carbocycles. The van der Waals surface area contributed by atoms with Gasteiger partial charge in [-0.1, -0.05) is 34.1 Å². The summed E-state index contributed by atoms with van der Waals surface area (Å²) in [5.74, 6) is 1.90. The fraction of sp³-hybridized carbons (Fsp3) is 0.500. The number of hydrogen-bond acceptors (Lipinski definition) is 1. The minimum Gasteiger partial charge on any atom is -0.493 e. The van der Waals surface area contributed by atoms with E-state index in [-0.39, 0.29) is 0 Å². The first-order chi connectivity index (χ1) is 6.81. The molecule has 0 amide bonds. The predicted octanol–water partition coefficient (Wildman–Crippen LogP) is 3.68. The summed E-state index contributed by atoms with van der Waals surface area (Å²) in [5, 5.41) is 0.870. The van der Waals surface area contributed by atoms with Crippen molar-refractivity contribution in [3.63, 3.8) is 0 Å². The first kappa shape index (κ1) is 10.0. The van der Waals surface area contributed by atoms with Crippen molar-refractivity contribution in [1.29, 1.82) is 0 Å². The smallest absolute Gasteiger partial charge is 0.126 e. The normalized spacial score (nSPS) is 15.6. The highest BCUT2D eigenvalue weighted by atomic mass is 79.9. The summed E-state index contributed by atoms with van der Waals surface area (Å²) in [4.78, 5) is 0. The molecular formula is C12H15BrO. The third kappa shape index (κ3) is 2.30. The lowest BCUT2D eigenvalue weighted by Crippen LogP contribution is -2.02. The number of halogens is 1. The van der Waals surface area contributed by atoms with E-state index in [1.54, 1.807) is 0 Å². The summed E-state index contributed by atoms with van der Waals surface area (Å²) in [7, 11) is 0. The summed E-state index contributed by atoms with van der Waals surface area (Å²) in [5.41, 5.74) is 2.49. The van der Waals surface area contributed by atoms with Crippen LogP contribution in [0.4, 0.5) is 0 Å². The average Bonchev–Trinajstić information content (AvgIpc) is 2.99. The van der Waals surface area contributed by atoms with Crippen LogP contribution >= 0.6 is 15.9 Å². The average molecular weight is 255 g/mol. The van der Waals surface area contributed by atoms with Gasteiger partial charge < -0.3 is 4.74 Å². The maximum absolute atomic E-state index is 5.85. The van der Waals surface area contributed by atoms with Crippen LogP contribution in [-0.4, -0.2) is 6.61 Å². The van der Waals surface area contributed by atoms with Crippen molar-refractivity contribution in [2.24, 2.45) is 5.92 Å². The van der Waals surface area contributed by atoms with E-state index in [4.69, 9.17) is 4.74 Å². The molecule has 0 bridgehead atoms. The number of alkyl halides is 1. The summed E-state index contributed by atoms with van der Waals surface area (Å²) in [6, 6.07) is 6.30. The lowest BCUT2D eigenvalue weighted by Gasteiger charge is -2.12. The Morgan fingerprint density at radius 2 is 2.21 bits per heavy atom. The Balaban J connectivity index is 2.11. The molecule has 2 rings (SSSR count). The van der Waals surface area contributed by atoms with Gasteiger partial charge >= 0.3 is 0 Å². The van der Waals surface area contributed by atoms with Crippen molar-refractivity contribution in [2.75, 3.05) is 6.61 Å². The molecule has 1 aliphatic rings. The van der Waals surface area contributed by atoms with Gasteiger partial charge in [0, 0.05) is 10.9 Å². The number of ether oxygens (including phenoxy) is 1. The summed E-state index contributed by atoms with van der Waals surface area (Å²) >= 11 is 3.49. The molecule has 0 N–H and O–H groups in total. The van der Waals surface area contributed by atoms with Gasteiger partial charge in [-0.3, -0.25) is 0 Å². The van der Waals surface area contributed by atoms with E-state index in [9.17, 15) is 0 Å². The highest BCUT2D eigenvalue weighted by molar-refractivity contribution is 9.08. The fourth-order valence-electron chi connectivity index (χ4n) is 1.51. The van der Waals surface area contributed by atoms with Gasteiger partial charge in [0.2, 0.25) is 0 Å². The maximum Gasteiger partial charge on any atom is 0.126 e. The third-order valence-electron chi connectivity index (χ3n) is 2.60. The highest BCUT2D eigenvalue weighted by Gasteiger charge is 2.22. The summed E-state index contributed by atoms with van der Waals surface area (Å²) in [6.45, 7) is 3.00. The Morgan fingerprint density at radius 1 is 1.43 bits per heavy atom. The number of hydrogen-bond donors (Lipinski definition) is 0. The van der Waals surface area contributed by atoms with Crippen LogP contribution in [0.25, 0.3) is 0 Å². The highest BCUT2D eigenvalue weighted by Crippen LogP contribution is 2.32. The van der Waals surface area contributed by atoms with Gasteiger partial charge in [0.15, 0.2) is 0 Å². The molecule has 76 valence electrons. The molecule has 0 aliphatic heterocycles. The lowest BCUT2D eigenvalue weighted by molar-refractivity contribution is 0.296. The largest absolute Gasteiger partial charge is 0.493 e. The van der Waals surface area contributed by atoms with E-state index < -0.39 is 0 Å². The molecule has 1 fully saturated rings. The SMILES string of the molecule is Cc1cccc(CBr)c1OCC1CC1. The molecule has 0 radical (unpaired) electrons. The molecule has 1 aliphatic carbocycles. The zero-order valence-corrected chi connectivity index (χ0v) is 10.0. The van der Waals surface area contributed by atoms with E-state index in [2.05, 4.69) is 41.1 Å². The van der Waals surface area contributed by atoms with Crippen molar-refractivity contribution in [3.8, 4) is 5.75 Å². The van der Waals surface area contributed by atoms with Crippen molar-refractivity contribution in [1.82, 2.24) is 0 Å². The van der Waals surface area contributed by atoms with Gasteiger partial charge in [-0.05, 0) is 31.2 Å². The summed E-state index contributed by atoms with van der Waals surface area (Å²) < 4.78 is 5.85. The zero-order chi connectivity index (χ0) is 9.97. The Morgan fingerprint density at radius 3 is 2.86 bits per heavy atom. The molecular weight excluding hydrogens is 240 g/mol. The minimum absolute atomic E-state index is 0.817. The number of rotatable bonds is 4. The quantitative estimate of drug-likeness (QED) is 0.746. The van der Waals surface area contributed by atoms with E-state index >= 15 is 0 Å². The molecule has 1 nitrogen and oxygen atoms in total. The van der Waals surface area contributed by atoms with Crippen molar-refractivity contribution in [2.45, 2.75) is 25.1 Å². The second-order valence-electron chi connectivity index (χ2n) is 3.95. The van der Waals surface area contributed by atoms with Gasteiger partial charge in [0.1, 0.15) is 5.75 Å². The van der Waals surface area contributed by atoms with Crippen LogP contribution in [0.2, 0.25) is 0 Å². The van der Waals surface area contributed by atoms with Crippen molar-refractivity contribution in [3.05, 3.63) is 29.3 Å². The van der Waals surface area contributed by atoms with Gasteiger partial charge in [-0.25, -0.2) is 0 Å². The Hall–Kier alpha value is -0.500. The number of aryl methyl sites for hydroxylation is 1. The van der Waals surface area contributed by atoms with E-state index in [0.29, 0.717) is 0 Å². The van der Waals surface area contributed by atoms with Crippen LogP contribution in [-0.2, 0) is 5.33 Å². The van der Waals surface area contributed by atoms with Crippen molar-refractivity contribution < 1.29 is 4.74 Å². The number of para-hydroxylation sites is 1. The second kappa shape index (κ2) is 4.35. The molecule has 0 saturated heterocycles. The van der Waals surface area contributed by atoms with Crippen LogP contribution in [0.15, 0.2) is 18.2 Å². The van der Waals surface area contributed by atoms with E-state index in [1.165, 1.54) is 24.0 Å². The van der Waals surface area contributed by atoms with Crippen molar-refractivity contribution >= 4 is 15.9 Å². The first-order valence-electron chi connectivity index (χ1n) is 5.08. The monoisotopic (exact) mass is 254 g/mol. The zero-order valence-electron chi connectivity index (χ0n) is 8.42. The van der Waals surface area contributed by atoms with Gasteiger partial charge in [-0.2, -0.15) is 0 Å². The Labute approximate surface area is 93.6 Å². The first-order valence-corrected chi connectivity index (χ1v) is 6.20. The molecule has 0 heterocycles. The summed E-state index contributed by atoms with van der Waals surface area (Å²) in [6.07, 6.45) is 2.69. The molecule has 0 unspecified atom stereocenters. The fourth-order valence-corrected chi connectivity index (χ4v) is 1.95. The Kier molecular flexibility index (Phi) is 3.12. The van der Waals surface area contributed by atoms with E-state index in [0.717, 1.165) is 23.6 Å². The van der Waals surface area contributed by atoms with Gasteiger partial charge in [0.25, 0.3) is 0 Å². The van der Waals surface area contributed by atoms with Gasteiger partial charge in [-0.15, -0.1) is 0 Å². The second-order valence-corrected chi connectivity index (χ2v) is 4.51. The molecule has 1 saturated carbocycles. The van der Waals surface area contributed by atoms with E-state index in [1.807, 2.05) is 0 Å². The minimum atomic E-state index is 0.817. The number of benzene rings is 1. The topological polar surface area (TPSA) is 9.23 Å². The molecule has 0 spiro atoms. The maximum atomic E-state index is 5.85.